The molecule has 12 heteroatoms. The number of esters is 1. The number of cyclic esters (lactones) is 1. The van der Waals surface area contributed by atoms with Crippen molar-refractivity contribution in [3.63, 3.8) is 0 Å². The molecule has 3 saturated heterocycles. The van der Waals surface area contributed by atoms with Crippen molar-refractivity contribution < 1.29 is 37.4 Å². The van der Waals surface area contributed by atoms with Crippen LogP contribution < -0.4 is 5.32 Å². The van der Waals surface area contributed by atoms with Gasteiger partial charge in [0.2, 0.25) is 0 Å². The fraction of sp³-hybridized carbons (Fsp3) is 0.412. The number of hydrogen-bond acceptors (Lipinski definition) is 7. The third-order valence-electron chi connectivity index (χ3n) is 5.55. The van der Waals surface area contributed by atoms with Crippen LogP contribution in [0.15, 0.2) is 30.3 Å². The maximum Gasteiger partial charge on any atom is 0.328 e. The van der Waals surface area contributed by atoms with Crippen LogP contribution in [-0.4, -0.2) is 82.6 Å². The Morgan fingerprint density at radius 1 is 1.24 bits per heavy atom. The fourth-order valence-electron chi connectivity index (χ4n) is 4.04. The number of urea groups is 1. The van der Waals surface area contributed by atoms with Crippen LogP contribution >= 0.6 is 0 Å². The van der Waals surface area contributed by atoms with E-state index < -0.39 is 69.1 Å². The second-order valence-corrected chi connectivity index (χ2v) is 9.77. The number of para-hydroxylation sites is 1. The summed E-state index contributed by atoms with van der Waals surface area (Å²) in [5, 5.41) is 10.5. The topological polar surface area (TPSA) is 150 Å². The number of fused-ring (bicyclic) bond motifs is 1. The number of hydrogen-bond donors (Lipinski definition) is 2. The van der Waals surface area contributed by atoms with Crippen LogP contribution in [0.5, 0.6) is 0 Å². The molecule has 3 heterocycles. The number of β-lactam (4-membered cyclic amide) rings is 1. The maximum absolute atomic E-state index is 13.1. The van der Waals surface area contributed by atoms with Crippen LogP contribution in [0, 0.1) is 0 Å². The standard InChI is InChI=1S/C17H17N3O8S/c1-17-8-28-10(21)7-19(16(25)18-9-5-3-2-4-6-9)11-13(22)20(12(17)15(23)24)14(11)29(17,26)27/h2-6,11-12,14H,7-8H2,1H3,(H,18,25)(H,23,24)/t11-,12+,14?,17+/m1/s1. The summed E-state index contributed by atoms with van der Waals surface area (Å²) in [4.78, 5) is 51.1. The Morgan fingerprint density at radius 3 is 2.52 bits per heavy atom. The largest absolute Gasteiger partial charge is 0.480 e. The predicted molar refractivity (Wildman–Crippen MR) is 96.3 cm³/mol. The molecule has 1 unspecified atom stereocenters. The SMILES string of the molecule is C[C@@]12COC(=O)CN(C(=O)Nc3ccccc3)[C@@H]3C(=O)N(C3S1(=O)=O)[C@H]2C(=O)O. The molecule has 0 aromatic heterocycles. The van der Waals surface area contributed by atoms with Gasteiger partial charge in [-0.05, 0) is 19.1 Å². The second kappa shape index (κ2) is 6.17. The van der Waals surface area contributed by atoms with E-state index in [9.17, 15) is 32.7 Å². The molecule has 3 amide bonds. The number of carboxylic acids is 1. The summed E-state index contributed by atoms with van der Waals surface area (Å²) in [7, 11) is -4.28. The molecule has 3 aliphatic rings. The number of nitrogens with one attached hydrogen (secondary N) is 1. The number of carbonyl (C=O) groups excluding carboxylic acids is 3. The van der Waals surface area contributed by atoms with E-state index in [1.165, 1.54) is 0 Å². The highest BCUT2D eigenvalue weighted by atomic mass is 32.2. The van der Waals surface area contributed by atoms with Crippen molar-refractivity contribution in [1.82, 2.24) is 9.80 Å². The number of benzene rings is 1. The fourth-order valence-corrected chi connectivity index (χ4v) is 6.47. The van der Waals surface area contributed by atoms with Crippen LogP contribution in [0.4, 0.5) is 10.5 Å². The Hall–Kier alpha value is -3.15. The van der Waals surface area contributed by atoms with Gasteiger partial charge >= 0.3 is 18.0 Å². The van der Waals surface area contributed by atoms with Gasteiger partial charge in [0.05, 0.1) is 0 Å². The van der Waals surface area contributed by atoms with Gasteiger partial charge < -0.3 is 20.1 Å². The molecule has 3 fully saturated rings. The van der Waals surface area contributed by atoms with E-state index >= 15 is 0 Å². The van der Waals surface area contributed by atoms with Crippen molar-refractivity contribution in [3.8, 4) is 0 Å². The Bertz CT molecular complexity index is 1030. The van der Waals surface area contributed by atoms with E-state index in [1.54, 1.807) is 30.3 Å². The lowest BCUT2D eigenvalue weighted by Gasteiger charge is -2.47. The highest BCUT2D eigenvalue weighted by Gasteiger charge is 2.76. The first-order valence-corrected chi connectivity index (χ1v) is 10.2. The summed E-state index contributed by atoms with van der Waals surface area (Å²) in [5.74, 6) is -3.30. The van der Waals surface area contributed by atoms with Gasteiger partial charge in [0.15, 0.2) is 21.3 Å². The molecule has 3 aliphatic heterocycles. The van der Waals surface area contributed by atoms with Crippen molar-refractivity contribution in [2.45, 2.75) is 29.1 Å². The summed E-state index contributed by atoms with van der Waals surface area (Å²) < 4.78 is 29.3. The third-order valence-corrected chi connectivity index (χ3v) is 8.31. The van der Waals surface area contributed by atoms with Gasteiger partial charge in [0.1, 0.15) is 23.9 Å². The molecule has 4 rings (SSSR count). The number of anilines is 1. The molecule has 11 nitrogen and oxygen atoms in total. The molecule has 2 N–H and O–H groups in total. The second-order valence-electron chi connectivity index (χ2n) is 7.26. The van der Waals surface area contributed by atoms with Gasteiger partial charge in [0, 0.05) is 5.69 Å². The normalized spacial score (nSPS) is 32.4. The van der Waals surface area contributed by atoms with Crippen LogP contribution in [-0.2, 0) is 29.0 Å². The molecule has 29 heavy (non-hydrogen) atoms. The number of sulfone groups is 1. The summed E-state index contributed by atoms with van der Waals surface area (Å²) in [6, 6.07) is 4.08. The average molecular weight is 423 g/mol. The van der Waals surface area contributed by atoms with E-state index in [-0.39, 0.29) is 0 Å². The Balaban J connectivity index is 1.76. The molecule has 0 spiro atoms. The monoisotopic (exact) mass is 423 g/mol. The molecule has 0 saturated carbocycles. The molecule has 2 bridgehead atoms. The van der Waals surface area contributed by atoms with Crippen LogP contribution in [0.1, 0.15) is 6.92 Å². The van der Waals surface area contributed by atoms with Crippen LogP contribution in [0.25, 0.3) is 0 Å². The first-order chi connectivity index (χ1) is 13.6. The van der Waals surface area contributed by atoms with Crippen LogP contribution in [0.2, 0.25) is 0 Å². The van der Waals surface area contributed by atoms with E-state index in [2.05, 4.69) is 5.32 Å². The molecular weight excluding hydrogens is 406 g/mol. The van der Waals surface area contributed by atoms with Crippen molar-refractivity contribution in [3.05, 3.63) is 30.3 Å². The number of carbonyl (C=O) groups is 4. The van der Waals surface area contributed by atoms with E-state index in [1.807, 2.05) is 0 Å². The number of ether oxygens (including phenoxy) is 1. The minimum absolute atomic E-state index is 0.372. The van der Waals surface area contributed by atoms with E-state index in [0.29, 0.717) is 5.69 Å². The lowest BCUT2D eigenvalue weighted by atomic mass is 9.94. The van der Waals surface area contributed by atoms with Gasteiger partial charge in [-0.15, -0.1) is 0 Å². The zero-order valence-electron chi connectivity index (χ0n) is 15.1. The zero-order valence-corrected chi connectivity index (χ0v) is 16.0. The van der Waals surface area contributed by atoms with Gasteiger partial charge in [-0.3, -0.25) is 14.5 Å². The molecule has 1 aromatic rings. The maximum atomic E-state index is 13.1. The molecule has 0 aliphatic carbocycles. The summed E-state index contributed by atoms with van der Waals surface area (Å²) >= 11 is 0. The highest BCUT2D eigenvalue weighted by molar-refractivity contribution is 7.94. The zero-order chi connectivity index (χ0) is 21.1. The summed E-state index contributed by atoms with van der Waals surface area (Å²) in [6.45, 7) is -0.244. The Labute approximate surface area is 165 Å². The molecule has 1 aromatic carbocycles. The van der Waals surface area contributed by atoms with Crippen molar-refractivity contribution in [1.29, 1.82) is 0 Å². The van der Waals surface area contributed by atoms with E-state index in [0.717, 1.165) is 16.7 Å². The van der Waals surface area contributed by atoms with Crippen molar-refractivity contribution in [2.75, 3.05) is 18.5 Å². The number of rotatable bonds is 2. The lowest BCUT2D eigenvalue weighted by molar-refractivity contribution is -0.169. The smallest absolute Gasteiger partial charge is 0.328 e. The summed E-state index contributed by atoms with van der Waals surface area (Å²) in [5.41, 5.74) is 0.372. The minimum atomic E-state index is -4.28. The van der Waals surface area contributed by atoms with Crippen LogP contribution in [0.3, 0.4) is 0 Å². The van der Waals surface area contributed by atoms with Crippen molar-refractivity contribution in [2.24, 2.45) is 0 Å². The highest BCUT2D eigenvalue weighted by Crippen LogP contribution is 2.48. The van der Waals surface area contributed by atoms with Gasteiger partial charge in [-0.1, -0.05) is 18.2 Å². The first-order valence-electron chi connectivity index (χ1n) is 8.66. The Morgan fingerprint density at radius 2 is 1.90 bits per heavy atom. The van der Waals surface area contributed by atoms with Crippen molar-refractivity contribution >= 4 is 39.4 Å². The molecule has 154 valence electrons. The van der Waals surface area contributed by atoms with Gasteiger partial charge in [0.25, 0.3) is 5.91 Å². The number of carboxylic acid groups (broad SMARTS) is 1. The number of amides is 3. The summed E-state index contributed by atoms with van der Waals surface area (Å²) in [6.07, 6.45) is 0. The number of nitrogens with zero attached hydrogens (tertiary/aromatic N) is 2. The predicted octanol–water partition coefficient (Wildman–Crippen LogP) is -0.745. The third kappa shape index (κ3) is 2.51. The average Bonchev–Trinajstić information content (AvgIpc) is 2.83. The molecule has 0 radical (unpaired) electrons. The number of aliphatic carboxylic acids is 1. The minimum Gasteiger partial charge on any atom is -0.480 e. The van der Waals surface area contributed by atoms with Gasteiger partial charge in [-0.2, -0.15) is 0 Å². The van der Waals surface area contributed by atoms with Gasteiger partial charge in [-0.25, -0.2) is 18.0 Å². The van der Waals surface area contributed by atoms with E-state index in [4.69, 9.17) is 4.74 Å². The Kier molecular flexibility index (Phi) is 4.08. The molecule has 4 atom stereocenters. The molecular formula is C17H17N3O8S. The quantitative estimate of drug-likeness (QED) is 0.466. The first kappa shape index (κ1) is 19.2. The lowest BCUT2D eigenvalue weighted by Crippen LogP contribution is -2.73.